The average Bonchev–Trinajstić information content (AvgIpc) is 2.98. The van der Waals surface area contributed by atoms with Crippen molar-refractivity contribution in [1.82, 2.24) is 4.90 Å². The van der Waals surface area contributed by atoms with Crippen molar-refractivity contribution in [3.8, 4) is 0 Å². The summed E-state index contributed by atoms with van der Waals surface area (Å²) in [4.78, 5) is 52.1. The van der Waals surface area contributed by atoms with E-state index in [1.807, 2.05) is 30.5 Å². The predicted molar refractivity (Wildman–Crippen MR) is 109 cm³/mol. The molecule has 1 aromatic carbocycles. The van der Waals surface area contributed by atoms with Crippen LogP contribution >= 0.6 is 11.8 Å². The normalized spacial score (nSPS) is 22.8. The molecule has 1 fully saturated rings. The first-order valence-corrected chi connectivity index (χ1v) is 10.7. The summed E-state index contributed by atoms with van der Waals surface area (Å²) in [6.07, 6.45) is 5.60. The highest BCUT2D eigenvalue weighted by Gasteiger charge is 2.50. The molecule has 4 atom stereocenters. The van der Waals surface area contributed by atoms with Crippen LogP contribution in [0.15, 0.2) is 41.3 Å². The summed E-state index contributed by atoms with van der Waals surface area (Å²) in [5.41, 5.74) is 0.627. The standard InChI is InChI=1S/C21H24N2O5S/c1-12(23-19(25)14-8-4-5-9-15(14)20(23)26)21(27)28-13(2)18(24)22-16-10-6-7-11-17(16)29-3/h4-7,10-15H,8-9H2,1-3H3,(H,22,24)/t12-,13+,14-,15+/m0/s1. The number of esters is 1. The highest BCUT2D eigenvalue weighted by molar-refractivity contribution is 7.98. The zero-order chi connectivity index (χ0) is 21.1. The summed E-state index contributed by atoms with van der Waals surface area (Å²) in [7, 11) is 0. The minimum atomic E-state index is -1.07. The van der Waals surface area contributed by atoms with Crippen LogP contribution in [0.2, 0.25) is 0 Å². The number of hydrogen-bond donors (Lipinski definition) is 1. The van der Waals surface area contributed by atoms with E-state index >= 15 is 0 Å². The summed E-state index contributed by atoms with van der Waals surface area (Å²) < 4.78 is 5.26. The molecule has 0 spiro atoms. The molecular formula is C21H24N2O5S. The number of likely N-dealkylation sites (tertiary alicyclic amines) is 1. The smallest absolute Gasteiger partial charge is 0.329 e. The van der Waals surface area contributed by atoms with E-state index in [-0.39, 0.29) is 11.8 Å². The van der Waals surface area contributed by atoms with E-state index in [9.17, 15) is 19.2 Å². The molecule has 0 aromatic heterocycles. The van der Waals surface area contributed by atoms with Crippen LogP contribution in [0.25, 0.3) is 0 Å². The van der Waals surface area contributed by atoms with Crippen LogP contribution in [0, 0.1) is 11.8 Å². The fourth-order valence-electron chi connectivity index (χ4n) is 3.62. The average molecular weight is 416 g/mol. The van der Waals surface area contributed by atoms with Crippen LogP contribution in [-0.4, -0.2) is 47.0 Å². The topological polar surface area (TPSA) is 92.8 Å². The highest BCUT2D eigenvalue weighted by Crippen LogP contribution is 2.36. The number of fused-ring (bicyclic) bond motifs is 1. The quantitative estimate of drug-likeness (QED) is 0.332. The molecule has 0 saturated carbocycles. The van der Waals surface area contributed by atoms with Crippen molar-refractivity contribution in [3.05, 3.63) is 36.4 Å². The molecule has 1 heterocycles. The van der Waals surface area contributed by atoms with Gasteiger partial charge >= 0.3 is 5.97 Å². The van der Waals surface area contributed by atoms with E-state index in [1.165, 1.54) is 25.6 Å². The Hall–Kier alpha value is -2.61. The third-order valence-electron chi connectivity index (χ3n) is 5.30. The molecule has 1 aromatic rings. The number of thioether (sulfide) groups is 1. The number of carbonyl (C=O) groups is 4. The Kier molecular flexibility index (Phi) is 6.42. The van der Waals surface area contributed by atoms with Gasteiger partial charge in [-0.05, 0) is 45.1 Å². The van der Waals surface area contributed by atoms with Crippen molar-refractivity contribution in [2.45, 2.75) is 43.7 Å². The molecule has 29 heavy (non-hydrogen) atoms. The number of ether oxygens (including phenoxy) is 1. The van der Waals surface area contributed by atoms with Gasteiger partial charge in [-0.2, -0.15) is 0 Å². The van der Waals surface area contributed by atoms with Crippen LogP contribution in [0.5, 0.6) is 0 Å². The van der Waals surface area contributed by atoms with E-state index in [0.29, 0.717) is 18.5 Å². The number of allylic oxidation sites excluding steroid dienone is 2. The van der Waals surface area contributed by atoms with Crippen molar-refractivity contribution >= 4 is 41.1 Å². The van der Waals surface area contributed by atoms with E-state index in [4.69, 9.17) is 4.74 Å². The van der Waals surface area contributed by atoms with Gasteiger partial charge in [0.15, 0.2) is 6.10 Å². The van der Waals surface area contributed by atoms with Crippen LogP contribution in [-0.2, 0) is 23.9 Å². The van der Waals surface area contributed by atoms with Gasteiger partial charge in [0.2, 0.25) is 11.8 Å². The Balaban J connectivity index is 1.62. The molecule has 0 bridgehead atoms. The van der Waals surface area contributed by atoms with Crippen molar-refractivity contribution in [3.63, 3.8) is 0 Å². The van der Waals surface area contributed by atoms with E-state index in [2.05, 4.69) is 5.32 Å². The summed E-state index contributed by atoms with van der Waals surface area (Å²) in [5.74, 6) is -2.78. The summed E-state index contributed by atoms with van der Waals surface area (Å²) in [6.45, 7) is 2.91. The highest BCUT2D eigenvalue weighted by atomic mass is 32.2. The second kappa shape index (κ2) is 8.82. The fraction of sp³-hybridized carbons (Fsp3) is 0.429. The predicted octanol–water partition coefficient (Wildman–Crippen LogP) is 2.62. The Labute approximate surface area is 173 Å². The first kappa shape index (κ1) is 21.1. The van der Waals surface area contributed by atoms with Crippen molar-refractivity contribution in [1.29, 1.82) is 0 Å². The van der Waals surface area contributed by atoms with Crippen LogP contribution in [0.3, 0.4) is 0 Å². The van der Waals surface area contributed by atoms with Gasteiger partial charge in [0, 0.05) is 4.90 Å². The lowest BCUT2D eigenvalue weighted by Crippen LogP contribution is -2.46. The lowest BCUT2D eigenvalue weighted by Gasteiger charge is -2.23. The molecule has 154 valence electrons. The number of para-hydroxylation sites is 1. The van der Waals surface area contributed by atoms with Crippen LogP contribution in [0.1, 0.15) is 26.7 Å². The Morgan fingerprint density at radius 1 is 1.10 bits per heavy atom. The molecule has 1 saturated heterocycles. The Morgan fingerprint density at radius 2 is 1.69 bits per heavy atom. The second-order valence-electron chi connectivity index (χ2n) is 7.15. The second-order valence-corrected chi connectivity index (χ2v) is 7.99. The molecule has 0 unspecified atom stereocenters. The van der Waals surface area contributed by atoms with Gasteiger partial charge in [0.25, 0.3) is 5.91 Å². The largest absolute Gasteiger partial charge is 0.451 e. The lowest BCUT2D eigenvalue weighted by atomic mass is 9.85. The minimum absolute atomic E-state index is 0.347. The Morgan fingerprint density at radius 3 is 2.28 bits per heavy atom. The van der Waals surface area contributed by atoms with Crippen LogP contribution < -0.4 is 5.32 Å². The maximum absolute atomic E-state index is 12.6. The van der Waals surface area contributed by atoms with E-state index < -0.39 is 35.9 Å². The molecule has 0 radical (unpaired) electrons. The van der Waals surface area contributed by atoms with Crippen molar-refractivity contribution in [2.75, 3.05) is 11.6 Å². The molecule has 1 aliphatic heterocycles. The number of rotatable bonds is 6. The SMILES string of the molecule is CSc1ccccc1NC(=O)[C@@H](C)OC(=O)[C@H](C)N1C(=O)[C@H]2CC=CC[C@H]2C1=O. The third kappa shape index (κ3) is 4.22. The number of anilines is 1. The molecule has 1 aliphatic carbocycles. The molecule has 2 aliphatic rings. The summed E-state index contributed by atoms with van der Waals surface area (Å²) >= 11 is 1.49. The monoisotopic (exact) mass is 416 g/mol. The number of nitrogens with zero attached hydrogens (tertiary/aromatic N) is 1. The number of carbonyl (C=O) groups excluding carboxylic acids is 4. The van der Waals surface area contributed by atoms with Gasteiger partial charge in [-0.3, -0.25) is 19.3 Å². The summed E-state index contributed by atoms with van der Waals surface area (Å²) in [6, 6.07) is 6.22. The van der Waals surface area contributed by atoms with Gasteiger partial charge in [-0.1, -0.05) is 24.3 Å². The third-order valence-corrected chi connectivity index (χ3v) is 6.09. The number of amides is 3. The molecule has 3 amide bonds. The van der Waals surface area contributed by atoms with E-state index in [0.717, 1.165) is 9.80 Å². The summed E-state index contributed by atoms with van der Waals surface area (Å²) in [5, 5.41) is 2.74. The fourth-order valence-corrected chi connectivity index (χ4v) is 4.18. The lowest BCUT2D eigenvalue weighted by molar-refractivity contribution is -0.163. The van der Waals surface area contributed by atoms with E-state index in [1.54, 1.807) is 12.1 Å². The molecule has 1 N–H and O–H groups in total. The van der Waals surface area contributed by atoms with Crippen molar-refractivity contribution in [2.24, 2.45) is 11.8 Å². The molecule has 7 nitrogen and oxygen atoms in total. The molecule has 3 rings (SSSR count). The van der Waals surface area contributed by atoms with Gasteiger partial charge in [-0.15, -0.1) is 11.8 Å². The zero-order valence-electron chi connectivity index (χ0n) is 16.6. The number of benzene rings is 1. The van der Waals surface area contributed by atoms with Gasteiger partial charge in [0.1, 0.15) is 6.04 Å². The van der Waals surface area contributed by atoms with Gasteiger partial charge in [-0.25, -0.2) is 4.79 Å². The number of nitrogens with one attached hydrogen (secondary N) is 1. The maximum atomic E-state index is 12.6. The number of imide groups is 1. The van der Waals surface area contributed by atoms with Gasteiger partial charge < -0.3 is 10.1 Å². The van der Waals surface area contributed by atoms with Crippen molar-refractivity contribution < 1.29 is 23.9 Å². The first-order valence-electron chi connectivity index (χ1n) is 9.51. The first-order chi connectivity index (χ1) is 13.8. The Bertz CT molecular complexity index is 842. The number of hydrogen-bond acceptors (Lipinski definition) is 6. The molecule has 8 heteroatoms. The maximum Gasteiger partial charge on any atom is 0.329 e. The van der Waals surface area contributed by atoms with Crippen LogP contribution in [0.4, 0.5) is 5.69 Å². The molecular weight excluding hydrogens is 392 g/mol. The zero-order valence-corrected chi connectivity index (χ0v) is 17.4. The minimum Gasteiger partial charge on any atom is -0.451 e. The van der Waals surface area contributed by atoms with Gasteiger partial charge in [0.05, 0.1) is 17.5 Å².